The standard InChI is InChI=1S/C13H15N5O3.ClH/c14-10-8(4-3-5-9(10)18(19)20)11-16-12(17-21-11)13(15)6-1-2-7-13;/h3-5H,1-2,6-7,14-15H2;1H. The minimum atomic E-state index is -0.572. The number of para-hydroxylation sites is 1. The first-order chi connectivity index (χ1) is 10.0. The van der Waals surface area contributed by atoms with Gasteiger partial charge in [-0.25, -0.2) is 0 Å². The summed E-state index contributed by atoms with van der Waals surface area (Å²) in [5, 5.41) is 14.8. The summed E-state index contributed by atoms with van der Waals surface area (Å²) >= 11 is 0. The van der Waals surface area contributed by atoms with Crippen molar-refractivity contribution in [2.24, 2.45) is 5.73 Å². The molecule has 1 fully saturated rings. The summed E-state index contributed by atoms with van der Waals surface area (Å²) in [6, 6.07) is 4.47. The molecule has 1 aromatic heterocycles. The second kappa shape index (κ2) is 5.90. The first-order valence-corrected chi connectivity index (χ1v) is 6.67. The van der Waals surface area contributed by atoms with Crippen LogP contribution in [0.2, 0.25) is 0 Å². The van der Waals surface area contributed by atoms with Gasteiger partial charge in [-0.1, -0.05) is 24.1 Å². The number of rotatable bonds is 3. The number of nitrogen functional groups attached to an aromatic ring is 1. The Morgan fingerprint density at radius 1 is 1.32 bits per heavy atom. The number of aromatic nitrogens is 2. The summed E-state index contributed by atoms with van der Waals surface area (Å²) in [6.45, 7) is 0. The molecule has 118 valence electrons. The first-order valence-electron chi connectivity index (χ1n) is 6.67. The van der Waals surface area contributed by atoms with Gasteiger partial charge in [-0.2, -0.15) is 4.98 Å². The van der Waals surface area contributed by atoms with Crippen molar-refractivity contribution in [3.63, 3.8) is 0 Å². The molecule has 1 aliphatic carbocycles. The van der Waals surface area contributed by atoms with Gasteiger partial charge in [-0.05, 0) is 18.9 Å². The maximum atomic E-state index is 10.9. The third-order valence-electron chi connectivity index (χ3n) is 3.88. The Morgan fingerprint density at radius 3 is 2.64 bits per heavy atom. The minimum absolute atomic E-state index is 0. The molecule has 0 unspecified atom stereocenters. The zero-order valence-electron chi connectivity index (χ0n) is 11.7. The van der Waals surface area contributed by atoms with E-state index in [1.54, 1.807) is 6.07 Å². The van der Waals surface area contributed by atoms with E-state index in [0.29, 0.717) is 11.4 Å². The van der Waals surface area contributed by atoms with Crippen LogP contribution in [0.15, 0.2) is 22.7 Å². The summed E-state index contributed by atoms with van der Waals surface area (Å²) in [5.41, 5.74) is 11.7. The molecule has 0 saturated heterocycles. The highest BCUT2D eigenvalue weighted by molar-refractivity contribution is 5.85. The Morgan fingerprint density at radius 2 is 2.00 bits per heavy atom. The van der Waals surface area contributed by atoms with E-state index in [9.17, 15) is 10.1 Å². The van der Waals surface area contributed by atoms with Crippen molar-refractivity contribution in [2.75, 3.05) is 5.73 Å². The van der Waals surface area contributed by atoms with Gasteiger partial charge >= 0.3 is 0 Å². The van der Waals surface area contributed by atoms with Crippen LogP contribution in [-0.2, 0) is 5.54 Å². The quantitative estimate of drug-likeness (QED) is 0.502. The lowest BCUT2D eigenvalue weighted by molar-refractivity contribution is -0.383. The molecule has 3 rings (SSSR count). The fourth-order valence-corrected chi connectivity index (χ4v) is 2.66. The van der Waals surface area contributed by atoms with Crippen molar-refractivity contribution in [1.29, 1.82) is 0 Å². The molecule has 0 bridgehead atoms. The van der Waals surface area contributed by atoms with Gasteiger partial charge < -0.3 is 16.0 Å². The van der Waals surface area contributed by atoms with E-state index >= 15 is 0 Å². The number of hydrogen-bond acceptors (Lipinski definition) is 7. The number of anilines is 1. The third kappa shape index (κ3) is 2.62. The van der Waals surface area contributed by atoms with Crippen LogP contribution >= 0.6 is 12.4 Å². The molecule has 9 heteroatoms. The molecule has 4 N–H and O–H groups in total. The van der Waals surface area contributed by atoms with Crippen LogP contribution in [0.25, 0.3) is 11.5 Å². The number of halogens is 1. The van der Waals surface area contributed by atoms with E-state index in [-0.39, 0.29) is 29.7 Å². The smallest absolute Gasteiger partial charge is 0.292 e. The summed E-state index contributed by atoms with van der Waals surface area (Å²) in [5.74, 6) is 0.587. The predicted molar refractivity (Wildman–Crippen MR) is 82.4 cm³/mol. The first kappa shape index (κ1) is 16.2. The van der Waals surface area contributed by atoms with Gasteiger partial charge in [0.25, 0.3) is 11.6 Å². The SMILES string of the molecule is Cl.Nc1c(-c2nc(C3(N)CCCC3)no2)cccc1[N+](=O)[O-]. The molecule has 0 radical (unpaired) electrons. The number of nitrogens with zero attached hydrogens (tertiary/aromatic N) is 3. The van der Waals surface area contributed by atoms with Gasteiger partial charge in [0.15, 0.2) is 5.82 Å². The number of hydrogen-bond donors (Lipinski definition) is 2. The van der Waals surface area contributed by atoms with Crippen LogP contribution in [0.3, 0.4) is 0 Å². The highest BCUT2D eigenvalue weighted by Crippen LogP contribution is 2.37. The van der Waals surface area contributed by atoms with Crippen LogP contribution in [0, 0.1) is 10.1 Å². The Labute approximate surface area is 132 Å². The number of nitrogens with two attached hydrogens (primary N) is 2. The lowest BCUT2D eigenvalue weighted by Crippen LogP contribution is -2.34. The van der Waals surface area contributed by atoms with E-state index in [4.69, 9.17) is 16.0 Å². The molecule has 2 aromatic rings. The normalized spacial score (nSPS) is 16.2. The maximum absolute atomic E-state index is 10.9. The molecule has 0 spiro atoms. The van der Waals surface area contributed by atoms with Crippen molar-refractivity contribution < 1.29 is 9.45 Å². The highest BCUT2D eigenvalue weighted by atomic mass is 35.5. The van der Waals surface area contributed by atoms with Gasteiger partial charge in [0.2, 0.25) is 0 Å². The highest BCUT2D eigenvalue weighted by Gasteiger charge is 2.36. The largest absolute Gasteiger partial charge is 0.393 e. The predicted octanol–water partition coefficient (Wildman–Crippen LogP) is 2.38. The van der Waals surface area contributed by atoms with E-state index in [1.807, 2.05) is 0 Å². The van der Waals surface area contributed by atoms with Crippen LogP contribution in [0.4, 0.5) is 11.4 Å². The van der Waals surface area contributed by atoms with Crippen LogP contribution in [0.5, 0.6) is 0 Å². The molecule has 0 amide bonds. The van der Waals surface area contributed by atoms with Crippen LogP contribution in [0.1, 0.15) is 31.5 Å². The lowest BCUT2D eigenvalue weighted by atomic mass is 9.98. The second-order valence-electron chi connectivity index (χ2n) is 5.28. The third-order valence-corrected chi connectivity index (χ3v) is 3.88. The molecule has 0 aliphatic heterocycles. The van der Waals surface area contributed by atoms with Crippen molar-refractivity contribution in [2.45, 2.75) is 31.2 Å². The molecule has 22 heavy (non-hydrogen) atoms. The number of nitro benzene ring substituents is 1. The van der Waals surface area contributed by atoms with Crippen molar-refractivity contribution in [3.8, 4) is 11.5 Å². The monoisotopic (exact) mass is 325 g/mol. The molecule has 1 aliphatic rings. The van der Waals surface area contributed by atoms with Gasteiger partial charge in [-0.15, -0.1) is 12.4 Å². The van der Waals surface area contributed by atoms with E-state index in [0.717, 1.165) is 25.7 Å². The zero-order valence-corrected chi connectivity index (χ0v) is 12.5. The van der Waals surface area contributed by atoms with Gasteiger partial charge in [0, 0.05) is 6.07 Å². The number of nitro groups is 1. The topological polar surface area (TPSA) is 134 Å². The summed E-state index contributed by atoms with van der Waals surface area (Å²) < 4.78 is 5.20. The Hall–Kier alpha value is -2.19. The lowest BCUT2D eigenvalue weighted by Gasteiger charge is -2.17. The molecule has 1 aromatic carbocycles. The van der Waals surface area contributed by atoms with Gasteiger partial charge in [0.05, 0.1) is 16.0 Å². The molecular formula is C13H16ClN5O3. The van der Waals surface area contributed by atoms with E-state index in [1.165, 1.54) is 12.1 Å². The van der Waals surface area contributed by atoms with Gasteiger partial charge in [-0.3, -0.25) is 10.1 Å². The van der Waals surface area contributed by atoms with Crippen LogP contribution in [-0.4, -0.2) is 15.1 Å². The average molecular weight is 326 g/mol. The second-order valence-corrected chi connectivity index (χ2v) is 5.28. The molecule has 8 nitrogen and oxygen atoms in total. The molecule has 0 atom stereocenters. The fraction of sp³-hybridized carbons (Fsp3) is 0.385. The number of benzene rings is 1. The fourth-order valence-electron chi connectivity index (χ4n) is 2.66. The average Bonchev–Trinajstić information content (AvgIpc) is 3.08. The van der Waals surface area contributed by atoms with Crippen molar-refractivity contribution in [1.82, 2.24) is 10.1 Å². The Balaban J connectivity index is 0.00000176. The molecule has 1 saturated carbocycles. The van der Waals surface area contributed by atoms with Crippen molar-refractivity contribution >= 4 is 23.8 Å². The maximum Gasteiger partial charge on any atom is 0.292 e. The van der Waals surface area contributed by atoms with E-state index in [2.05, 4.69) is 10.1 Å². The zero-order chi connectivity index (χ0) is 15.0. The van der Waals surface area contributed by atoms with E-state index < -0.39 is 10.5 Å². The minimum Gasteiger partial charge on any atom is -0.393 e. The molecule has 1 heterocycles. The van der Waals surface area contributed by atoms with Crippen molar-refractivity contribution in [3.05, 3.63) is 34.1 Å². The molecular weight excluding hydrogens is 310 g/mol. The Kier molecular flexibility index (Phi) is 4.34. The summed E-state index contributed by atoms with van der Waals surface area (Å²) in [7, 11) is 0. The summed E-state index contributed by atoms with van der Waals surface area (Å²) in [6.07, 6.45) is 3.66. The Bertz CT molecular complexity index is 697. The van der Waals surface area contributed by atoms with Gasteiger partial charge in [0.1, 0.15) is 5.69 Å². The summed E-state index contributed by atoms with van der Waals surface area (Å²) in [4.78, 5) is 14.7. The van der Waals surface area contributed by atoms with Crippen LogP contribution < -0.4 is 11.5 Å².